The molecule has 0 amide bonds. The molecule has 1 aromatic heterocycles. The highest BCUT2D eigenvalue weighted by molar-refractivity contribution is 9.10. The topological polar surface area (TPSA) is 28.7 Å². The standard InChI is InChI=1S/C7H4BrFN2/c8-7-5-3-4(9)1-2-6(5)10-11-7/h1-3H,(H,10,11). The van der Waals surface area contributed by atoms with Gasteiger partial charge in [-0.3, -0.25) is 5.10 Å². The smallest absolute Gasteiger partial charge is 0.135 e. The van der Waals surface area contributed by atoms with Gasteiger partial charge in [0, 0.05) is 5.39 Å². The molecular weight excluding hydrogens is 211 g/mol. The van der Waals surface area contributed by atoms with Crippen LogP contribution in [-0.2, 0) is 0 Å². The number of aromatic nitrogens is 2. The second-order valence-electron chi connectivity index (χ2n) is 2.20. The molecule has 0 radical (unpaired) electrons. The Kier molecular flexibility index (Phi) is 1.42. The molecule has 0 aliphatic carbocycles. The Morgan fingerprint density at radius 3 is 3.09 bits per heavy atom. The highest BCUT2D eigenvalue weighted by atomic mass is 79.9. The Labute approximate surface area is 70.5 Å². The van der Waals surface area contributed by atoms with Crippen molar-refractivity contribution in [3.8, 4) is 0 Å². The van der Waals surface area contributed by atoms with Crippen molar-refractivity contribution < 1.29 is 4.39 Å². The molecule has 0 fully saturated rings. The first-order valence-corrected chi connectivity index (χ1v) is 3.86. The van der Waals surface area contributed by atoms with E-state index < -0.39 is 0 Å². The van der Waals surface area contributed by atoms with Crippen molar-refractivity contribution in [1.29, 1.82) is 0 Å². The Morgan fingerprint density at radius 1 is 1.45 bits per heavy atom. The van der Waals surface area contributed by atoms with Crippen molar-refractivity contribution in [3.63, 3.8) is 0 Å². The first-order chi connectivity index (χ1) is 5.27. The molecule has 0 saturated heterocycles. The fraction of sp³-hybridized carbons (Fsp3) is 0. The number of hydrogen-bond donors (Lipinski definition) is 1. The molecule has 0 atom stereocenters. The number of hydrogen-bond acceptors (Lipinski definition) is 1. The lowest BCUT2D eigenvalue weighted by Gasteiger charge is -1.87. The predicted molar refractivity (Wildman–Crippen MR) is 43.8 cm³/mol. The highest BCUT2D eigenvalue weighted by Gasteiger charge is 2.01. The van der Waals surface area contributed by atoms with E-state index in [4.69, 9.17) is 0 Å². The van der Waals surface area contributed by atoms with Gasteiger partial charge in [-0.2, -0.15) is 5.10 Å². The van der Waals surface area contributed by atoms with Gasteiger partial charge in [0.05, 0.1) is 5.52 Å². The van der Waals surface area contributed by atoms with Crippen LogP contribution in [-0.4, -0.2) is 10.2 Å². The van der Waals surface area contributed by atoms with Gasteiger partial charge < -0.3 is 0 Å². The first kappa shape index (κ1) is 6.79. The largest absolute Gasteiger partial charge is 0.277 e. The van der Waals surface area contributed by atoms with Gasteiger partial charge >= 0.3 is 0 Å². The van der Waals surface area contributed by atoms with E-state index in [1.54, 1.807) is 6.07 Å². The van der Waals surface area contributed by atoms with Gasteiger partial charge in [0.1, 0.15) is 10.4 Å². The summed E-state index contributed by atoms with van der Waals surface area (Å²) < 4.78 is 13.3. The summed E-state index contributed by atoms with van der Waals surface area (Å²) >= 11 is 3.19. The monoisotopic (exact) mass is 214 g/mol. The fourth-order valence-electron chi connectivity index (χ4n) is 0.954. The van der Waals surface area contributed by atoms with Gasteiger partial charge in [-0.1, -0.05) is 0 Å². The molecule has 56 valence electrons. The molecule has 0 spiro atoms. The van der Waals surface area contributed by atoms with Crippen LogP contribution in [0.3, 0.4) is 0 Å². The van der Waals surface area contributed by atoms with Crippen molar-refractivity contribution in [2.45, 2.75) is 0 Å². The number of H-pyrrole nitrogens is 1. The molecule has 2 aromatic rings. The van der Waals surface area contributed by atoms with Crippen LogP contribution in [0.2, 0.25) is 0 Å². The van der Waals surface area contributed by atoms with E-state index in [2.05, 4.69) is 26.1 Å². The van der Waals surface area contributed by atoms with Crippen LogP contribution in [0.4, 0.5) is 4.39 Å². The van der Waals surface area contributed by atoms with E-state index in [1.807, 2.05) is 0 Å². The Balaban J connectivity index is 2.87. The van der Waals surface area contributed by atoms with Gasteiger partial charge in [0.2, 0.25) is 0 Å². The fourth-order valence-corrected chi connectivity index (χ4v) is 1.37. The van der Waals surface area contributed by atoms with E-state index >= 15 is 0 Å². The minimum Gasteiger partial charge on any atom is -0.277 e. The number of aromatic amines is 1. The molecule has 2 rings (SSSR count). The third-order valence-corrected chi connectivity index (χ3v) is 2.08. The molecule has 0 aliphatic heterocycles. The number of halogens is 2. The normalized spacial score (nSPS) is 10.7. The Hall–Kier alpha value is -0.900. The summed E-state index contributed by atoms with van der Waals surface area (Å²) in [5.41, 5.74) is 0.832. The summed E-state index contributed by atoms with van der Waals surface area (Å²) in [5.74, 6) is -0.250. The number of benzene rings is 1. The second-order valence-corrected chi connectivity index (χ2v) is 2.96. The van der Waals surface area contributed by atoms with Gasteiger partial charge in [0.25, 0.3) is 0 Å². The van der Waals surface area contributed by atoms with E-state index in [1.165, 1.54) is 12.1 Å². The lowest BCUT2D eigenvalue weighted by molar-refractivity contribution is 0.629. The van der Waals surface area contributed by atoms with Crippen LogP contribution in [0.25, 0.3) is 10.9 Å². The Bertz CT molecular complexity index is 396. The van der Waals surface area contributed by atoms with Crippen LogP contribution in [0, 0.1) is 5.82 Å². The first-order valence-electron chi connectivity index (χ1n) is 3.06. The molecule has 11 heavy (non-hydrogen) atoms. The molecule has 0 unspecified atom stereocenters. The van der Waals surface area contributed by atoms with Crippen molar-refractivity contribution in [1.82, 2.24) is 10.2 Å². The van der Waals surface area contributed by atoms with E-state index in [-0.39, 0.29) is 5.82 Å². The summed E-state index contributed by atoms with van der Waals surface area (Å²) in [5, 5.41) is 7.38. The summed E-state index contributed by atoms with van der Waals surface area (Å²) in [7, 11) is 0. The van der Waals surface area contributed by atoms with Gasteiger partial charge in [0.15, 0.2) is 0 Å². The van der Waals surface area contributed by atoms with Crippen LogP contribution < -0.4 is 0 Å². The maximum Gasteiger partial charge on any atom is 0.135 e. The molecule has 2 nitrogen and oxygen atoms in total. The van der Waals surface area contributed by atoms with Crippen molar-refractivity contribution in [2.75, 3.05) is 0 Å². The average Bonchev–Trinajstić information content (AvgIpc) is 2.33. The molecule has 0 aliphatic rings. The van der Waals surface area contributed by atoms with Crippen molar-refractivity contribution >= 4 is 26.8 Å². The molecule has 4 heteroatoms. The minimum absolute atomic E-state index is 0.250. The van der Waals surface area contributed by atoms with Crippen molar-refractivity contribution in [2.24, 2.45) is 0 Å². The van der Waals surface area contributed by atoms with E-state index in [0.717, 1.165) is 10.9 Å². The van der Waals surface area contributed by atoms with E-state index in [9.17, 15) is 4.39 Å². The molecular formula is C7H4BrFN2. The van der Waals surface area contributed by atoms with Gasteiger partial charge in [-0.25, -0.2) is 4.39 Å². The van der Waals surface area contributed by atoms with Crippen LogP contribution in [0.5, 0.6) is 0 Å². The average molecular weight is 215 g/mol. The quantitative estimate of drug-likeness (QED) is 0.718. The summed E-state index contributed by atoms with van der Waals surface area (Å²) in [6.07, 6.45) is 0. The number of fused-ring (bicyclic) bond motifs is 1. The lowest BCUT2D eigenvalue weighted by atomic mass is 10.2. The number of nitrogens with zero attached hydrogens (tertiary/aromatic N) is 1. The summed E-state index contributed by atoms with van der Waals surface area (Å²) in [6.45, 7) is 0. The van der Waals surface area contributed by atoms with Crippen molar-refractivity contribution in [3.05, 3.63) is 28.6 Å². The summed E-state index contributed by atoms with van der Waals surface area (Å²) in [4.78, 5) is 0. The zero-order chi connectivity index (χ0) is 7.84. The Morgan fingerprint density at radius 2 is 2.27 bits per heavy atom. The molecule has 1 aromatic carbocycles. The minimum atomic E-state index is -0.250. The zero-order valence-corrected chi connectivity index (χ0v) is 7.02. The zero-order valence-electron chi connectivity index (χ0n) is 5.44. The number of nitrogens with one attached hydrogen (secondary N) is 1. The molecule has 1 N–H and O–H groups in total. The third kappa shape index (κ3) is 1.03. The SMILES string of the molecule is Fc1ccc2[nH]nc(Br)c2c1. The van der Waals surface area contributed by atoms with Gasteiger partial charge in [-0.05, 0) is 34.1 Å². The maximum absolute atomic E-state index is 12.6. The van der Waals surface area contributed by atoms with E-state index in [0.29, 0.717) is 4.60 Å². The predicted octanol–water partition coefficient (Wildman–Crippen LogP) is 2.46. The molecule has 0 saturated carbocycles. The van der Waals surface area contributed by atoms with Gasteiger partial charge in [-0.15, -0.1) is 0 Å². The second kappa shape index (κ2) is 2.30. The molecule has 0 bridgehead atoms. The highest BCUT2D eigenvalue weighted by Crippen LogP contribution is 2.20. The third-order valence-electron chi connectivity index (χ3n) is 1.48. The van der Waals surface area contributed by atoms with Crippen LogP contribution >= 0.6 is 15.9 Å². The summed E-state index contributed by atoms with van der Waals surface area (Å²) in [6, 6.07) is 4.48. The van der Waals surface area contributed by atoms with Crippen LogP contribution in [0.1, 0.15) is 0 Å². The lowest BCUT2D eigenvalue weighted by Crippen LogP contribution is -1.71. The number of rotatable bonds is 0. The molecule has 1 heterocycles. The maximum atomic E-state index is 12.6. The van der Waals surface area contributed by atoms with Crippen LogP contribution in [0.15, 0.2) is 22.8 Å².